The Kier molecular flexibility index (Phi) is 6.91. The Bertz CT molecular complexity index is 955. The second-order valence-electron chi connectivity index (χ2n) is 6.22. The maximum Gasteiger partial charge on any atom is 0.307 e. The summed E-state index contributed by atoms with van der Waals surface area (Å²) in [6.07, 6.45) is 0.695. The van der Waals surface area contributed by atoms with Crippen molar-refractivity contribution in [2.45, 2.75) is 19.8 Å². The number of aryl methyl sites for hydroxylation is 1. The van der Waals surface area contributed by atoms with Gasteiger partial charge < -0.3 is 10.4 Å². The van der Waals surface area contributed by atoms with Gasteiger partial charge in [0.2, 0.25) is 0 Å². The minimum absolute atomic E-state index is 0. The fraction of sp³-hybridized carbons (Fsp3) is 0.190. The Hall–Kier alpha value is -2.92. The summed E-state index contributed by atoms with van der Waals surface area (Å²) in [6.45, 7) is 2.40. The molecule has 0 bridgehead atoms. The number of nitrogens with one attached hydrogen (secondary N) is 1. The maximum atomic E-state index is 12.5. The fourth-order valence-electron chi connectivity index (χ4n) is 2.84. The Morgan fingerprint density at radius 2 is 1.70 bits per heavy atom. The number of halogens is 1. The van der Waals surface area contributed by atoms with Gasteiger partial charge in [0.15, 0.2) is 0 Å². The third-order valence-electron chi connectivity index (χ3n) is 4.18. The molecule has 0 saturated heterocycles. The molecule has 0 spiro atoms. The van der Waals surface area contributed by atoms with Gasteiger partial charge in [-0.1, -0.05) is 42.5 Å². The van der Waals surface area contributed by atoms with Crippen LogP contribution in [0.4, 0.5) is 0 Å². The monoisotopic (exact) mass is 384 g/mol. The van der Waals surface area contributed by atoms with Gasteiger partial charge in [0.1, 0.15) is 0 Å². The van der Waals surface area contributed by atoms with Gasteiger partial charge in [0, 0.05) is 17.6 Å². The van der Waals surface area contributed by atoms with Gasteiger partial charge in [-0.3, -0.25) is 14.6 Å². The Morgan fingerprint density at radius 3 is 2.41 bits per heavy atom. The van der Waals surface area contributed by atoms with E-state index in [0.29, 0.717) is 24.0 Å². The molecule has 27 heavy (non-hydrogen) atoms. The topological polar surface area (TPSA) is 79.3 Å². The van der Waals surface area contributed by atoms with Crippen LogP contribution in [0.1, 0.15) is 27.2 Å². The van der Waals surface area contributed by atoms with Crippen LogP contribution in [0.3, 0.4) is 0 Å². The van der Waals surface area contributed by atoms with Gasteiger partial charge in [-0.05, 0) is 36.6 Å². The number of hydrogen-bond acceptors (Lipinski definition) is 3. The van der Waals surface area contributed by atoms with Gasteiger partial charge >= 0.3 is 5.97 Å². The standard InChI is InChI=1S/C21H20N2O3.ClH/c1-14-5-10-17-3-2-4-18(20(17)23-14)21(26)22-12-11-15-6-8-16(9-7-15)13-19(24)25;/h2-10H,11-13H2,1H3,(H,22,26)(H,24,25);1H. The molecule has 1 heterocycles. The summed E-state index contributed by atoms with van der Waals surface area (Å²) in [7, 11) is 0. The number of carboxylic acid groups (broad SMARTS) is 1. The highest BCUT2D eigenvalue weighted by Crippen LogP contribution is 2.17. The van der Waals surface area contributed by atoms with Gasteiger partial charge in [-0.15, -0.1) is 12.4 Å². The SMILES string of the molecule is Cc1ccc2cccc(C(=O)NCCc3ccc(CC(=O)O)cc3)c2n1.Cl. The molecule has 0 atom stereocenters. The van der Waals surface area contributed by atoms with Crippen LogP contribution in [0.15, 0.2) is 54.6 Å². The van der Waals surface area contributed by atoms with Crippen molar-refractivity contribution < 1.29 is 14.7 Å². The zero-order chi connectivity index (χ0) is 18.5. The van der Waals surface area contributed by atoms with Crippen LogP contribution >= 0.6 is 12.4 Å². The second-order valence-corrected chi connectivity index (χ2v) is 6.22. The highest BCUT2D eigenvalue weighted by molar-refractivity contribution is 6.05. The number of benzene rings is 2. The molecule has 0 fully saturated rings. The summed E-state index contributed by atoms with van der Waals surface area (Å²) in [4.78, 5) is 27.7. The molecular formula is C21H21ClN2O3. The van der Waals surface area contributed by atoms with Gasteiger partial charge in [0.05, 0.1) is 17.5 Å². The smallest absolute Gasteiger partial charge is 0.307 e. The number of carbonyl (C=O) groups excluding carboxylic acids is 1. The maximum absolute atomic E-state index is 12.5. The lowest BCUT2D eigenvalue weighted by Crippen LogP contribution is -2.26. The van der Waals surface area contributed by atoms with E-state index in [9.17, 15) is 9.59 Å². The molecule has 5 nitrogen and oxygen atoms in total. The number of carboxylic acids is 1. The van der Waals surface area contributed by atoms with Crippen LogP contribution in [0.25, 0.3) is 10.9 Å². The molecule has 3 rings (SSSR count). The Balaban J connectivity index is 0.00000261. The van der Waals surface area contributed by atoms with E-state index in [1.165, 1.54) is 0 Å². The van der Waals surface area contributed by atoms with Crippen molar-refractivity contribution >= 4 is 35.2 Å². The van der Waals surface area contributed by atoms with Crippen LogP contribution < -0.4 is 5.32 Å². The lowest BCUT2D eigenvalue weighted by molar-refractivity contribution is -0.136. The average molecular weight is 385 g/mol. The predicted octanol–water partition coefficient (Wildman–Crippen LogP) is 3.56. The van der Waals surface area contributed by atoms with Gasteiger partial charge in [-0.25, -0.2) is 0 Å². The molecule has 1 amide bonds. The normalized spacial score (nSPS) is 10.3. The molecule has 2 N–H and O–H groups in total. The van der Waals surface area contributed by atoms with Crippen molar-refractivity contribution in [3.05, 3.63) is 77.0 Å². The highest BCUT2D eigenvalue weighted by Gasteiger charge is 2.11. The number of carbonyl (C=O) groups is 2. The highest BCUT2D eigenvalue weighted by atomic mass is 35.5. The predicted molar refractivity (Wildman–Crippen MR) is 108 cm³/mol. The lowest BCUT2D eigenvalue weighted by Gasteiger charge is -2.08. The largest absolute Gasteiger partial charge is 0.481 e. The van der Waals surface area contributed by atoms with Crippen molar-refractivity contribution in [2.24, 2.45) is 0 Å². The molecule has 0 radical (unpaired) electrons. The minimum atomic E-state index is -0.844. The number of para-hydroxylation sites is 1. The summed E-state index contributed by atoms with van der Waals surface area (Å²) in [5.74, 6) is -0.986. The van der Waals surface area contributed by atoms with Crippen molar-refractivity contribution in [1.82, 2.24) is 10.3 Å². The van der Waals surface area contributed by atoms with Gasteiger partial charge in [-0.2, -0.15) is 0 Å². The van der Waals surface area contributed by atoms with E-state index in [-0.39, 0.29) is 24.7 Å². The molecule has 3 aromatic rings. The number of amides is 1. The van der Waals surface area contributed by atoms with Crippen molar-refractivity contribution in [2.75, 3.05) is 6.54 Å². The van der Waals surface area contributed by atoms with Crippen LogP contribution in [0.2, 0.25) is 0 Å². The molecule has 0 aliphatic carbocycles. The van der Waals surface area contributed by atoms with E-state index >= 15 is 0 Å². The summed E-state index contributed by atoms with van der Waals surface area (Å²) in [5, 5.41) is 12.7. The van der Waals surface area contributed by atoms with E-state index in [4.69, 9.17) is 5.11 Å². The molecule has 0 aliphatic rings. The number of aliphatic carboxylic acids is 1. The molecule has 2 aromatic carbocycles. The van der Waals surface area contributed by atoms with E-state index < -0.39 is 5.97 Å². The summed E-state index contributed by atoms with van der Waals surface area (Å²) < 4.78 is 0. The third-order valence-corrected chi connectivity index (χ3v) is 4.18. The summed E-state index contributed by atoms with van der Waals surface area (Å²) in [5.41, 5.74) is 3.97. The third kappa shape index (κ3) is 5.28. The molecule has 140 valence electrons. The lowest BCUT2D eigenvalue weighted by atomic mass is 10.1. The zero-order valence-electron chi connectivity index (χ0n) is 14.9. The molecule has 6 heteroatoms. The first-order valence-corrected chi connectivity index (χ1v) is 8.47. The van der Waals surface area contributed by atoms with E-state index in [1.54, 1.807) is 6.07 Å². The van der Waals surface area contributed by atoms with E-state index in [1.807, 2.05) is 55.5 Å². The quantitative estimate of drug-likeness (QED) is 0.681. The van der Waals surface area contributed by atoms with Crippen molar-refractivity contribution in [1.29, 1.82) is 0 Å². The van der Waals surface area contributed by atoms with Gasteiger partial charge in [0.25, 0.3) is 5.91 Å². The van der Waals surface area contributed by atoms with E-state index in [0.717, 1.165) is 22.2 Å². The van der Waals surface area contributed by atoms with Crippen molar-refractivity contribution in [3.8, 4) is 0 Å². The number of hydrogen-bond donors (Lipinski definition) is 2. The number of aromatic nitrogens is 1. The first kappa shape index (κ1) is 20.4. The first-order chi connectivity index (χ1) is 12.5. The second kappa shape index (κ2) is 9.14. The summed E-state index contributed by atoms with van der Waals surface area (Å²) >= 11 is 0. The summed E-state index contributed by atoms with van der Waals surface area (Å²) in [6, 6.07) is 16.9. The zero-order valence-corrected chi connectivity index (χ0v) is 15.8. The van der Waals surface area contributed by atoms with Crippen molar-refractivity contribution in [3.63, 3.8) is 0 Å². The number of fused-ring (bicyclic) bond motifs is 1. The Morgan fingerprint density at radius 1 is 1.00 bits per heavy atom. The fourth-order valence-corrected chi connectivity index (χ4v) is 2.84. The number of rotatable bonds is 6. The Labute approximate surface area is 163 Å². The van der Waals surface area contributed by atoms with Crippen LogP contribution in [0.5, 0.6) is 0 Å². The number of nitrogens with zero attached hydrogens (tertiary/aromatic N) is 1. The van der Waals surface area contributed by atoms with Crippen LogP contribution in [-0.4, -0.2) is 28.5 Å². The number of pyridine rings is 1. The molecular weight excluding hydrogens is 364 g/mol. The van der Waals surface area contributed by atoms with Crippen LogP contribution in [-0.2, 0) is 17.6 Å². The molecule has 0 unspecified atom stereocenters. The first-order valence-electron chi connectivity index (χ1n) is 8.47. The molecule has 0 aliphatic heterocycles. The molecule has 1 aromatic heterocycles. The van der Waals surface area contributed by atoms with Crippen LogP contribution in [0, 0.1) is 6.92 Å². The molecule has 0 saturated carbocycles. The average Bonchev–Trinajstić information content (AvgIpc) is 2.62. The minimum Gasteiger partial charge on any atom is -0.481 e. The van der Waals surface area contributed by atoms with E-state index in [2.05, 4.69) is 10.3 Å².